The first-order valence-electron chi connectivity index (χ1n) is 9.58. The molecule has 0 saturated heterocycles. The van der Waals surface area contributed by atoms with Crippen LogP contribution in [0.15, 0.2) is 83.3 Å². The van der Waals surface area contributed by atoms with Crippen LogP contribution in [0.2, 0.25) is 0 Å². The third kappa shape index (κ3) is 6.09. The number of pyridine rings is 1. The zero-order valence-corrected chi connectivity index (χ0v) is 17.7. The van der Waals surface area contributed by atoms with Crippen molar-refractivity contribution in [1.82, 2.24) is 0 Å². The number of halogens is 1. The van der Waals surface area contributed by atoms with Crippen LogP contribution in [0.5, 0.6) is 0 Å². The van der Waals surface area contributed by atoms with E-state index in [0.717, 1.165) is 30.0 Å². The van der Waals surface area contributed by atoms with Crippen LogP contribution in [0.1, 0.15) is 19.4 Å². The van der Waals surface area contributed by atoms with Crippen molar-refractivity contribution < 1.29 is 21.9 Å². The molecule has 0 bridgehead atoms. The maximum absolute atomic E-state index is 10.7. The molecule has 30 heavy (non-hydrogen) atoms. The van der Waals surface area contributed by atoms with Crippen LogP contribution >= 0.6 is 0 Å². The Morgan fingerprint density at radius 1 is 0.867 bits per heavy atom. The van der Waals surface area contributed by atoms with Crippen LogP contribution in [-0.2, 0) is 6.54 Å². The lowest BCUT2D eigenvalue weighted by molar-refractivity contribution is -0.688. The Kier molecular flexibility index (Phi) is 8.43. The first-order chi connectivity index (χ1) is 14.1. The van der Waals surface area contributed by atoms with Gasteiger partial charge in [-0.05, 0) is 50.2 Å². The minimum atomic E-state index is -0.395. The smallest absolute Gasteiger partial charge is 0.269 e. The van der Waals surface area contributed by atoms with E-state index in [0.29, 0.717) is 6.54 Å². The number of nitro benzene ring substituents is 1. The zero-order valence-electron chi connectivity index (χ0n) is 17.0. The molecule has 2 aromatic carbocycles. The van der Waals surface area contributed by atoms with E-state index in [-0.39, 0.29) is 18.1 Å². The number of hydrogen-bond donors (Lipinski definition) is 0. The summed E-state index contributed by atoms with van der Waals surface area (Å²) in [4.78, 5) is 12.6. The number of nitrogens with zero attached hydrogens (tertiary/aromatic N) is 5. The molecule has 0 aliphatic rings. The van der Waals surface area contributed by atoms with Gasteiger partial charge in [0.2, 0.25) is 0 Å². The Morgan fingerprint density at radius 2 is 1.40 bits per heavy atom. The number of aromatic nitrogens is 1. The highest BCUT2D eigenvalue weighted by atomic mass is 35.5. The van der Waals surface area contributed by atoms with Gasteiger partial charge in [0.25, 0.3) is 5.69 Å². The molecule has 3 rings (SSSR count). The number of non-ortho nitro benzene ring substituents is 1. The Hall–Kier alpha value is -3.32. The summed E-state index contributed by atoms with van der Waals surface area (Å²) in [5.41, 5.74) is 3.84. The van der Waals surface area contributed by atoms with E-state index in [9.17, 15) is 10.1 Å². The lowest BCUT2D eigenvalue weighted by Crippen LogP contribution is -3.00. The second-order valence-corrected chi connectivity index (χ2v) is 6.54. The fourth-order valence-electron chi connectivity index (χ4n) is 2.99. The average molecular weight is 426 g/mol. The molecule has 0 aliphatic heterocycles. The van der Waals surface area contributed by atoms with Crippen LogP contribution in [0.4, 0.5) is 22.7 Å². The van der Waals surface area contributed by atoms with Crippen molar-refractivity contribution in [3.05, 3.63) is 88.7 Å². The molecule has 1 heterocycles. The van der Waals surface area contributed by atoms with Gasteiger partial charge in [0.05, 0.1) is 16.3 Å². The summed E-state index contributed by atoms with van der Waals surface area (Å²) >= 11 is 0. The van der Waals surface area contributed by atoms with Crippen molar-refractivity contribution in [2.45, 2.75) is 20.4 Å². The largest absolute Gasteiger partial charge is 1.00 e. The van der Waals surface area contributed by atoms with E-state index in [2.05, 4.69) is 41.1 Å². The van der Waals surface area contributed by atoms with Gasteiger partial charge in [-0.1, -0.05) is 0 Å². The summed E-state index contributed by atoms with van der Waals surface area (Å²) in [6.45, 7) is 6.85. The second-order valence-electron chi connectivity index (χ2n) is 6.54. The van der Waals surface area contributed by atoms with Crippen LogP contribution in [0, 0.1) is 10.1 Å². The van der Waals surface area contributed by atoms with Gasteiger partial charge in [0.1, 0.15) is 0 Å². The molecule has 156 valence electrons. The van der Waals surface area contributed by atoms with E-state index in [1.54, 1.807) is 12.1 Å². The maximum Gasteiger partial charge on any atom is 0.269 e. The molecule has 0 atom stereocenters. The van der Waals surface area contributed by atoms with Gasteiger partial charge in [0, 0.05) is 48.6 Å². The fourth-order valence-corrected chi connectivity index (χ4v) is 2.99. The summed E-state index contributed by atoms with van der Waals surface area (Å²) in [5.74, 6) is 0. The summed E-state index contributed by atoms with van der Waals surface area (Å²) in [6.07, 6.45) is 3.83. The predicted molar refractivity (Wildman–Crippen MR) is 113 cm³/mol. The van der Waals surface area contributed by atoms with E-state index >= 15 is 0 Å². The molecule has 0 fully saturated rings. The number of hydrogen-bond acceptors (Lipinski definition) is 5. The number of rotatable bonds is 8. The summed E-state index contributed by atoms with van der Waals surface area (Å²) < 4.78 is 1.99. The van der Waals surface area contributed by atoms with Gasteiger partial charge in [0.15, 0.2) is 18.9 Å². The molecule has 0 aliphatic carbocycles. The lowest BCUT2D eigenvalue weighted by Gasteiger charge is -2.20. The molecule has 0 radical (unpaired) electrons. The van der Waals surface area contributed by atoms with Gasteiger partial charge >= 0.3 is 0 Å². The number of azo groups is 1. The summed E-state index contributed by atoms with van der Waals surface area (Å²) in [7, 11) is 0. The van der Waals surface area contributed by atoms with Crippen molar-refractivity contribution in [3.63, 3.8) is 0 Å². The van der Waals surface area contributed by atoms with Crippen LogP contribution in [-0.4, -0.2) is 18.0 Å². The Bertz CT molecular complexity index is 970. The number of anilines is 1. The van der Waals surface area contributed by atoms with Gasteiger partial charge in [-0.2, -0.15) is 10.2 Å². The highest BCUT2D eigenvalue weighted by molar-refractivity contribution is 5.52. The van der Waals surface area contributed by atoms with E-state index < -0.39 is 4.92 Å². The Balaban J connectivity index is 0.00000320. The van der Waals surface area contributed by atoms with Gasteiger partial charge < -0.3 is 17.3 Å². The second kappa shape index (κ2) is 11.0. The first-order valence-corrected chi connectivity index (χ1v) is 9.58. The first kappa shape index (κ1) is 23.0. The van der Waals surface area contributed by atoms with E-state index in [4.69, 9.17) is 0 Å². The van der Waals surface area contributed by atoms with E-state index in [1.807, 2.05) is 41.2 Å². The quantitative estimate of drug-likeness (QED) is 0.240. The molecule has 0 N–H and O–H groups in total. The molecule has 3 aromatic rings. The van der Waals surface area contributed by atoms with Crippen molar-refractivity contribution in [2.75, 3.05) is 18.0 Å². The third-order valence-corrected chi connectivity index (χ3v) is 4.65. The SMILES string of the molecule is CCN(CC)c1ccc(N=Nc2cc[n+](Cc3ccc([N+](=O)[O-])cc3)cc2)cc1.[Cl-]. The van der Waals surface area contributed by atoms with Crippen LogP contribution in [0.25, 0.3) is 0 Å². The molecule has 0 saturated carbocycles. The molecule has 0 spiro atoms. The van der Waals surface area contributed by atoms with Gasteiger partial charge in [-0.15, -0.1) is 0 Å². The third-order valence-electron chi connectivity index (χ3n) is 4.65. The average Bonchev–Trinajstić information content (AvgIpc) is 2.75. The summed E-state index contributed by atoms with van der Waals surface area (Å²) in [6, 6.07) is 18.4. The molecule has 0 amide bonds. The lowest BCUT2D eigenvalue weighted by atomic mass is 10.2. The monoisotopic (exact) mass is 425 g/mol. The van der Waals surface area contributed by atoms with Crippen molar-refractivity contribution >= 4 is 22.7 Å². The van der Waals surface area contributed by atoms with E-state index in [1.165, 1.54) is 17.8 Å². The molecule has 8 heteroatoms. The zero-order chi connectivity index (χ0) is 20.6. The van der Waals surface area contributed by atoms with Crippen molar-refractivity contribution in [3.8, 4) is 0 Å². The maximum atomic E-state index is 10.7. The number of benzene rings is 2. The van der Waals surface area contributed by atoms with Crippen LogP contribution < -0.4 is 21.9 Å². The topological polar surface area (TPSA) is 75.0 Å². The van der Waals surface area contributed by atoms with Crippen molar-refractivity contribution in [2.24, 2.45) is 10.2 Å². The highest BCUT2D eigenvalue weighted by Crippen LogP contribution is 2.21. The van der Waals surface area contributed by atoms with Crippen LogP contribution in [0.3, 0.4) is 0 Å². The predicted octanol–water partition coefficient (Wildman–Crippen LogP) is 2.20. The Morgan fingerprint density at radius 3 is 1.90 bits per heavy atom. The normalized spacial score (nSPS) is 10.6. The molecule has 0 unspecified atom stereocenters. The fraction of sp³-hybridized carbons (Fsp3) is 0.227. The molecule has 7 nitrogen and oxygen atoms in total. The van der Waals surface area contributed by atoms with Gasteiger partial charge in [-0.25, -0.2) is 4.57 Å². The highest BCUT2D eigenvalue weighted by Gasteiger charge is 2.07. The molecular weight excluding hydrogens is 402 g/mol. The standard InChI is InChI=1S/C22H24N5O2.ClH/c1-3-26(4-2)21-11-7-19(8-12-21)23-24-20-13-15-25(16-14-20)17-18-5-9-22(10-6-18)27(28)29;/h5-16H,3-4,17H2,1-2H3;1H/q+1;/p-1. The molecular formula is C22H24ClN5O2. The Labute approximate surface area is 182 Å². The molecule has 1 aromatic heterocycles. The minimum absolute atomic E-state index is 0. The minimum Gasteiger partial charge on any atom is -1.00 e. The van der Waals surface area contributed by atoms with Crippen molar-refractivity contribution in [1.29, 1.82) is 0 Å². The summed E-state index contributed by atoms with van der Waals surface area (Å²) in [5, 5.41) is 19.3. The van der Waals surface area contributed by atoms with Gasteiger partial charge in [-0.3, -0.25) is 10.1 Å². The number of nitro groups is 1.